The molecule has 0 aliphatic heterocycles. The quantitative estimate of drug-likeness (QED) is 0.808. The highest BCUT2D eigenvalue weighted by Gasteiger charge is 2.28. The normalized spacial score (nSPS) is 15.3. The van der Waals surface area contributed by atoms with Crippen molar-refractivity contribution in [3.63, 3.8) is 0 Å². The molecule has 1 saturated carbocycles. The lowest BCUT2D eigenvalue weighted by Gasteiger charge is -2.04. The zero-order valence-electron chi connectivity index (χ0n) is 8.47. The van der Waals surface area contributed by atoms with Gasteiger partial charge >= 0.3 is 0 Å². The number of nitrogens with two attached hydrogens (primary N) is 1. The number of nitrogen functional groups attached to an aromatic ring is 1. The summed E-state index contributed by atoms with van der Waals surface area (Å²) in [5, 5.41) is 12.3. The summed E-state index contributed by atoms with van der Waals surface area (Å²) in [7, 11) is 0. The second kappa shape index (κ2) is 3.45. The molecule has 0 amide bonds. The molecule has 0 atom stereocenters. The van der Waals surface area contributed by atoms with Crippen LogP contribution in [0, 0.1) is 0 Å². The van der Waals surface area contributed by atoms with Crippen LogP contribution in [-0.4, -0.2) is 20.2 Å². The average molecular weight is 236 g/mol. The van der Waals surface area contributed by atoms with Crippen LogP contribution < -0.4 is 5.73 Å². The van der Waals surface area contributed by atoms with Crippen LogP contribution in [0.5, 0.6) is 0 Å². The Kier molecular flexibility index (Phi) is 2.07. The molecule has 1 aliphatic rings. The summed E-state index contributed by atoms with van der Waals surface area (Å²) < 4.78 is 1.85. The Morgan fingerprint density at radius 2 is 2.19 bits per heavy atom. The SMILES string of the molecule is Nc1cc(-c2nnnn2C2CC2)ccc1Cl. The van der Waals surface area contributed by atoms with E-state index in [9.17, 15) is 0 Å². The van der Waals surface area contributed by atoms with Crippen LogP contribution in [0.4, 0.5) is 5.69 Å². The van der Waals surface area contributed by atoms with Crippen LogP contribution in [0.2, 0.25) is 5.02 Å². The van der Waals surface area contributed by atoms with E-state index in [1.54, 1.807) is 12.1 Å². The molecule has 0 radical (unpaired) electrons. The molecule has 6 heteroatoms. The summed E-state index contributed by atoms with van der Waals surface area (Å²) in [6.07, 6.45) is 2.28. The molecule has 1 aromatic carbocycles. The predicted octanol–water partition coefficient (Wildman–Crippen LogP) is 1.91. The lowest BCUT2D eigenvalue weighted by Crippen LogP contribution is -2.00. The van der Waals surface area contributed by atoms with Gasteiger partial charge in [-0.05, 0) is 41.5 Å². The molecule has 2 aromatic rings. The van der Waals surface area contributed by atoms with Gasteiger partial charge in [0.25, 0.3) is 0 Å². The van der Waals surface area contributed by atoms with Gasteiger partial charge in [0.1, 0.15) is 0 Å². The van der Waals surface area contributed by atoms with E-state index in [1.807, 2.05) is 10.7 Å². The lowest BCUT2D eigenvalue weighted by molar-refractivity contribution is 0.615. The van der Waals surface area contributed by atoms with Gasteiger partial charge in [-0.25, -0.2) is 4.68 Å². The first-order chi connectivity index (χ1) is 7.75. The minimum Gasteiger partial charge on any atom is -0.398 e. The maximum Gasteiger partial charge on any atom is 0.182 e. The van der Waals surface area contributed by atoms with Gasteiger partial charge in [0.05, 0.1) is 16.8 Å². The summed E-state index contributed by atoms with van der Waals surface area (Å²) in [6.45, 7) is 0. The van der Waals surface area contributed by atoms with Crippen molar-refractivity contribution < 1.29 is 0 Å². The Balaban J connectivity index is 2.07. The fraction of sp³-hybridized carbons (Fsp3) is 0.300. The molecule has 0 unspecified atom stereocenters. The van der Waals surface area contributed by atoms with Crippen molar-refractivity contribution in [3.05, 3.63) is 23.2 Å². The Labute approximate surface area is 97.2 Å². The Morgan fingerprint density at radius 3 is 2.88 bits per heavy atom. The molecule has 1 heterocycles. The second-order valence-electron chi connectivity index (χ2n) is 3.91. The molecular formula is C10H10ClN5. The highest BCUT2D eigenvalue weighted by molar-refractivity contribution is 6.33. The lowest BCUT2D eigenvalue weighted by atomic mass is 10.2. The van der Waals surface area contributed by atoms with Crippen LogP contribution >= 0.6 is 11.6 Å². The average Bonchev–Trinajstić information content (AvgIpc) is 3.01. The van der Waals surface area contributed by atoms with Crippen molar-refractivity contribution in [2.75, 3.05) is 5.73 Å². The maximum atomic E-state index is 5.87. The standard InChI is InChI=1S/C10H10ClN5/c11-8-4-1-6(5-9(8)12)10-13-14-15-16(10)7-2-3-7/h1,4-5,7H,2-3,12H2. The third-order valence-electron chi connectivity index (χ3n) is 2.64. The van der Waals surface area contributed by atoms with Gasteiger partial charge in [0.15, 0.2) is 5.82 Å². The van der Waals surface area contributed by atoms with Crippen molar-refractivity contribution >= 4 is 17.3 Å². The van der Waals surface area contributed by atoms with E-state index in [0.29, 0.717) is 16.8 Å². The first-order valence-corrected chi connectivity index (χ1v) is 5.47. The fourth-order valence-corrected chi connectivity index (χ4v) is 1.75. The number of tetrazole rings is 1. The highest BCUT2D eigenvalue weighted by Crippen LogP contribution is 2.37. The van der Waals surface area contributed by atoms with Crippen LogP contribution in [-0.2, 0) is 0 Å². The smallest absolute Gasteiger partial charge is 0.182 e. The number of hydrogen-bond acceptors (Lipinski definition) is 4. The molecule has 0 bridgehead atoms. The van der Waals surface area contributed by atoms with Crippen LogP contribution in [0.1, 0.15) is 18.9 Å². The van der Waals surface area contributed by atoms with Gasteiger partial charge in [-0.1, -0.05) is 11.6 Å². The van der Waals surface area contributed by atoms with Gasteiger partial charge in [0.2, 0.25) is 0 Å². The Bertz CT molecular complexity index is 532. The predicted molar refractivity (Wildman–Crippen MR) is 60.9 cm³/mol. The van der Waals surface area contributed by atoms with Crippen molar-refractivity contribution in [3.8, 4) is 11.4 Å². The zero-order valence-corrected chi connectivity index (χ0v) is 9.22. The first kappa shape index (κ1) is 9.59. The molecule has 1 aliphatic carbocycles. The Morgan fingerprint density at radius 1 is 1.38 bits per heavy atom. The molecule has 0 spiro atoms. The maximum absolute atomic E-state index is 5.87. The third kappa shape index (κ3) is 1.53. The summed E-state index contributed by atoms with van der Waals surface area (Å²) in [5.41, 5.74) is 7.21. The number of hydrogen-bond donors (Lipinski definition) is 1. The van der Waals surface area contributed by atoms with E-state index in [1.165, 1.54) is 0 Å². The van der Waals surface area contributed by atoms with E-state index in [4.69, 9.17) is 17.3 Å². The molecule has 1 fully saturated rings. The van der Waals surface area contributed by atoms with Gasteiger partial charge in [-0.15, -0.1) is 5.10 Å². The minimum atomic E-state index is 0.446. The van der Waals surface area contributed by atoms with Gasteiger partial charge in [-0.2, -0.15) is 0 Å². The number of nitrogens with zero attached hydrogens (tertiary/aromatic N) is 4. The van der Waals surface area contributed by atoms with Gasteiger partial charge < -0.3 is 5.73 Å². The van der Waals surface area contributed by atoms with Gasteiger partial charge in [-0.3, -0.25) is 0 Å². The minimum absolute atomic E-state index is 0.446. The summed E-state index contributed by atoms with van der Waals surface area (Å²) in [6, 6.07) is 5.89. The zero-order chi connectivity index (χ0) is 11.1. The number of rotatable bonds is 2. The third-order valence-corrected chi connectivity index (χ3v) is 2.98. The largest absolute Gasteiger partial charge is 0.398 e. The number of aromatic nitrogens is 4. The number of halogens is 1. The van der Waals surface area contributed by atoms with Crippen LogP contribution in [0.3, 0.4) is 0 Å². The molecule has 16 heavy (non-hydrogen) atoms. The van der Waals surface area contributed by atoms with E-state index >= 15 is 0 Å². The van der Waals surface area contributed by atoms with E-state index in [0.717, 1.165) is 24.2 Å². The van der Waals surface area contributed by atoms with Crippen molar-refractivity contribution in [2.45, 2.75) is 18.9 Å². The highest BCUT2D eigenvalue weighted by atomic mass is 35.5. The molecule has 1 aromatic heterocycles. The Hall–Kier alpha value is -1.62. The molecule has 0 saturated heterocycles. The van der Waals surface area contributed by atoms with Crippen molar-refractivity contribution in [2.24, 2.45) is 0 Å². The second-order valence-corrected chi connectivity index (χ2v) is 4.32. The molecule has 3 rings (SSSR count). The topological polar surface area (TPSA) is 69.6 Å². The first-order valence-electron chi connectivity index (χ1n) is 5.09. The van der Waals surface area contributed by atoms with Gasteiger partial charge in [0, 0.05) is 5.56 Å². The van der Waals surface area contributed by atoms with E-state index in [-0.39, 0.29) is 0 Å². The van der Waals surface area contributed by atoms with E-state index < -0.39 is 0 Å². The summed E-state index contributed by atoms with van der Waals surface area (Å²) in [4.78, 5) is 0. The monoisotopic (exact) mass is 235 g/mol. The summed E-state index contributed by atoms with van der Waals surface area (Å²) >= 11 is 5.87. The molecule has 5 nitrogen and oxygen atoms in total. The van der Waals surface area contributed by atoms with Crippen LogP contribution in [0.15, 0.2) is 18.2 Å². The fourth-order valence-electron chi connectivity index (χ4n) is 1.63. The van der Waals surface area contributed by atoms with Crippen LogP contribution in [0.25, 0.3) is 11.4 Å². The van der Waals surface area contributed by atoms with E-state index in [2.05, 4.69) is 15.5 Å². The molecular weight excluding hydrogens is 226 g/mol. The number of benzene rings is 1. The number of anilines is 1. The van der Waals surface area contributed by atoms with Crippen molar-refractivity contribution in [1.82, 2.24) is 20.2 Å². The molecule has 2 N–H and O–H groups in total. The molecule has 82 valence electrons. The summed E-state index contributed by atoms with van der Waals surface area (Å²) in [5.74, 6) is 0.755. The van der Waals surface area contributed by atoms with Crippen molar-refractivity contribution in [1.29, 1.82) is 0 Å².